The third-order valence-electron chi connectivity index (χ3n) is 13.5. The summed E-state index contributed by atoms with van der Waals surface area (Å²) in [5, 5.41) is 2.37. The third-order valence-corrected chi connectivity index (χ3v) is 13.5. The molecule has 66 heavy (non-hydrogen) atoms. The molecule has 11 aromatic rings. The van der Waals surface area contributed by atoms with Crippen molar-refractivity contribution in [1.82, 2.24) is 4.57 Å². The van der Waals surface area contributed by atoms with Crippen LogP contribution in [0.1, 0.15) is 25.0 Å². The van der Waals surface area contributed by atoms with Crippen LogP contribution in [0, 0.1) is 0 Å². The molecule has 0 saturated carbocycles. The van der Waals surface area contributed by atoms with Crippen LogP contribution in [0.4, 0.5) is 34.1 Å². The number of fused-ring (bicyclic) bond motifs is 6. The summed E-state index contributed by atoms with van der Waals surface area (Å²) in [6.45, 7) is 4.74. The molecule has 0 bridgehead atoms. The fourth-order valence-electron chi connectivity index (χ4n) is 10.5. The predicted octanol–water partition coefficient (Wildman–Crippen LogP) is 17.4. The van der Waals surface area contributed by atoms with E-state index in [1.807, 2.05) is 0 Å². The minimum absolute atomic E-state index is 0.195. The molecule has 0 saturated heterocycles. The van der Waals surface area contributed by atoms with Gasteiger partial charge in [-0.2, -0.15) is 0 Å². The second-order valence-electron chi connectivity index (χ2n) is 17.8. The summed E-state index contributed by atoms with van der Waals surface area (Å²) in [4.78, 5) is 4.95. The predicted molar refractivity (Wildman–Crippen MR) is 279 cm³/mol. The Kier molecular flexibility index (Phi) is 9.50. The first-order chi connectivity index (χ1) is 32.5. The highest BCUT2D eigenvalue weighted by Crippen LogP contribution is 2.53. The maximum absolute atomic E-state index is 2.51. The van der Waals surface area contributed by atoms with Crippen molar-refractivity contribution in [3.8, 4) is 39.1 Å². The Hall–Kier alpha value is -8.40. The largest absolute Gasteiger partial charge is 0.310 e. The van der Waals surface area contributed by atoms with E-state index in [-0.39, 0.29) is 5.41 Å². The van der Waals surface area contributed by atoms with Crippen molar-refractivity contribution in [2.75, 3.05) is 9.80 Å². The van der Waals surface area contributed by atoms with E-state index in [1.54, 1.807) is 0 Å². The molecule has 0 radical (unpaired) electrons. The molecule has 1 aromatic heterocycles. The molecule has 0 N–H and O–H groups in total. The zero-order valence-electron chi connectivity index (χ0n) is 37.0. The number of para-hydroxylation sites is 4. The number of aromatic nitrogens is 1. The molecule has 3 nitrogen and oxygen atoms in total. The van der Waals surface area contributed by atoms with E-state index < -0.39 is 0 Å². The summed E-state index contributed by atoms with van der Waals surface area (Å²) in [6.07, 6.45) is 0. The Balaban J connectivity index is 1.22. The average Bonchev–Trinajstić information content (AvgIpc) is 3.83. The lowest BCUT2D eigenvalue weighted by Gasteiger charge is -2.32. The van der Waals surface area contributed by atoms with Crippen LogP contribution in [-0.2, 0) is 5.41 Å². The average molecular weight is 846 g/mol. The number of hydrogen-bond acceptors (Lipinski definition) is 2. The second kappa shape index (κ2) is 16.0. The van der Waals surface area contributed by atoms with Crippen LogP contribution in [0.5, 0.6) is 0 Å². The topological polar surface area (TPSA) is 11.4 Å². The normalized spacial score (nSPS) is 12.5. The molecule has 314 valence electrons. The van der Waals surface area contributed by atoms with Gasteiger partial charge in [0.1, 0.15) is 0 Å². The summed E-state index contributed by atoms with van der Waals surface area (Å²) in [5.74, 6) is 0. The molecule has 0 atom stereocenters. The first kappa shape index (κ1) is 39.2. The van der Waals surface area contributed by atoms with E-state index in [2.05, 4.69) is 277 Å². The Labute approximate surface area is 386 Å². The summed E-state index contributed by atoms with van der Waals surface area (Å²) in [6, 6.07) is 90.8. The Morgan fingerprint density at radius 3 is 1.59 bits per heavy atom. The standard InChI is InChI=1S/C63H47N3/c1-63(2)56-34-20-18-32-52(56)53-38-37-50(41-57(53)63)65(59-39-36-46(44-22-8-3-9-23-44)40-55(59)45-24-10-4-11-25-45)51-42-60(64(47-26-12-5-13-27-47)48-28-14-6-15-29-48)62-54-33-19-21-35-58(54)66(61(62)43-51)49-30-16-7-17-31-49/h3-43H,1-2H3. The monoisotopic (exact) mass is 845 g/mol. The molecular formula is C63H47N3. The molecule has 0 unspecified atom stereocenters. The Morgan fingerprint density at radius 1 is 0.333 bits per heavy atom. The number of nitrogens with zero attached hydrogens (tertiary/aromatic N) is 3. The maximum Gasteiger partial charge on any atom is 0.0583 e. The molecule has 1 aliphatic carbocycles. The zero-order chi connectivity index (χ0) is 44.2. The SMILES string of the molecule is CC1(C)c2ccccc2-c2ccc(N(c3cc(N(c4ccccc4)c4ccccc4)c4c5ccccc5n(-c5ccccc5)c4c3)c3ccc(-c4ccccc4)cc3-c3ccccc3)cc21. The van der Waals surface area contributed by atoms with Gasteiger partial charge in [0.25, 0.3) is 0 Å². The van der Waals surface area contributed by atoms with E-state index in [0.29, 0.717) is 0 Å². The fourth-order valence-corrected chi connectivity index (χ4v) is 10.5. The summed E-state index contributed by atoms with van der Waals surface area (Å²) >= 11 is 0. The van der Waals surface area contributed by atoms with Crippen LogP contribution >= 0.6 is 0 Å². The van der Waals surface area contributed by atoms with Crippen LogP contribution in [0.15, 0.2) is 249 Å². The maximum atomic E-state index is 2.51. The van der Waals surface area contributed by atoms with Gasteiger partial charge in [0.2, 0.25) is 0 Å². The van der Waals surface area contributed by atoms with Gasteiger partial charge in [-0.3, -0.25) is 0 Å². The molecule has 0 fully saturated rings. The van der Waals surface area contributed by atoms with E-state index >= 15 is 0 Å². The van der Waals surface area contributed by atoms with Crippen molar-refractivity contribution in [2.24, 2.45) is 0 Å². The van der Waals surface area contributed by atoms with Gasteiger partial charge in [-0.15, -0.1) is 0 Å². The van der Waals surface area contributed by atoms with Crippen molar-refractivity contribution in [3.05, 3.63) is 260 Å². The summed E-state index contributed by atoms with van der Waals surface area (Å²) in [5.41, 5.74) is 19.6. The summed E-state index contributed by atoms with van der Waals surface area (Å²) in [7, 11) is 0. The minimum Gasteiger partial charge on any atom is -0.310 e. The van der Waals surface area contributed by atoms with Crippen LogP contribution in [0.3, 0.4) is 0 Å². The smallest absolute Gasteiger partial charge is 0.0583 e. The van der Waals surface area contributed by atoms with E-state index in [1.165, 1.54) is 44.2 Å². The Bertz CT molecular complexity index is 3500. The van der Waals surface area contributed by atoms with Crippen LogP contribution in [0.2, 0.25) is 0 Å². The molecule has 0 aliphatic heterocycles. The van der Waals surface area contributed by atoms with Crippen molar-refractivity contribution in [3.63, 3.8) is 0 Å². The quantitative estimate of drug-likeness (QED) is 0.143. The first-order valence-corrected chi connectivity index (χ1v) is 22.9. The highest BCUT2D eigenvalue weighted by molar-refractivity contribution is 6.18. The Morgan fingerprint density at radius 2 is 0.894 bits per heavy atom. The van der Waals surface area contributed by atoms with Gasteiger partial charge >= 0.3 is 0 Å². The zero-order valence-corrected chi connectivity index (χ0v) is 37.0. The van der Waals surface area contributed by atoms with Crippen molar-refractivity contribution >= 4 is 55.9 Å². The van der Waals surface area contributed by atoms with Gasteiger partial charge in [0.15, 0.2) is 0 Å². The van der Waals surface area contributed by atoms with Gasteiger partial charge in [-0.1, -0.05) is 184 Å². The lowest BCUT2D eigenvalue weighted by Crippen LogP contribution is -2.17. The second-order valence-corrected chi connectivity index (χ2v) is 17.8. The van der Waals surface area contributed by atoms with E-state index in [4.69, 9.17) is 0 Å². The number of rotatable bonds is 9. The third kappa shape index (κ3) is 6.51. The summed E-state index contributed by atoms with van der Waals surface area (Å²) < 4.78 is 2.45. The van der Waals surface area contributed by atoms with Crippen LogP contribution in [0.25, 0.3) is 60.9 Å². The highest BCUT2D eigenvalue weighted by Gasteiger charge is 2.36. The van der Waals surface area contributed by atoms with Crippen LogP contribution < -0.4 is 9.80 Å². The van der Waals surface area contributed by atoms with Crippen LogP contribution in [-0.4, -0.2) is 4.57 Å². The fraction of sp³-hybridized carbons (Fsp3) is 0.0476. The van der Waals surface area contributed by atoms with Gasteiger partial charge < -0.3 is 14.4 Å². The molecule has 10 aromatic carbocycles. The van der Waals surface area contributed by atoms with Gasteiger partial charge in [0.05, 0.1) is 28.1 Å². The minimum atomic E-state index is -0.195. The molecule has 0 amide bonds. The van der Waals surface area contributed by atoms with Crippen molar-refractivity contribution < 1.29 is 0 Å². The molecule has 3 heteroatoms. The van der Waals surface area contributed by atoms with E-state index in [9.17, 15) is 0 Å². The number of anilines is 6. The molecule has 12 rings (SSSR count). The van der Waals surface area contributed by atoms with Crippen molar-refractivity contribution in [1.29, 1.82) is 0 Å². The number of hydrogen-bond donors (Lipinski definition) is 0. The first-order valence-electron chi connectivity index (χ1n) is 22.9. The molecule has 0 spiro atoms. The van der Waals surface area contributed by atoms with Crippen molar-refractivity contribution in [2.45, 2.75) is 19.3 Å². The molecule has 1 heterocycles. The van der Waals surface area contributed by atoms with Gasteiger partial charge in [-0.25, -0.2) is 0 Å². The lowest BCUT2D eigenvalue weighted by molar-refractivity contribution is 0.660. The van der Waals surface area contributed by atoms with Gasteiger partial charge in [0, 0.05) is 44.5 Å². The highest BCUT2D eigenvalue weighted by atomic mass is 15.2. The lowest BCUT2D eigenvalue weighted by atomic mass is 9.82. The molecule has 1 aliphatic rings. The number of benzene rings is 10. The molecular weight excluding hydrogens is 799 g/mol. The van der Waals surface area contributed by atoms with E-state index in [0.717, 1.165) is 62.0 Å². The van der Waals surface area contributed by atoms with Gasteiger partial charge in [-0.05, 0) is 118 Å².